The predicted octanol–water partition coefficient (Wildman–Crippen LogP) is 5.46. The Morgan fingerprint density at radius 2 is 1.91 bits per heavy atom. The van der Waals surface area contributed by atoms with E-state index in [0.717, 1.165) is 0 Å². The first-order valence-electron chi connectivity index (χ1n) is 8.35. The first-order valence-corrected chi connectivity index (χ1v) is 9.14. The van der Waals surface area contributed by atoms with Crippen LogP contribution in [0.1, 0.15) is 41.9 Å². The van der Waals surface area contributed by atoms with Gasteiger partial charge in [0.2, 0.25) is 0 Å². The number of para-hydroxylation sites is 1. The van der Waals surface area contributed by atoms with Gasteiger partial charge in [-0.15, -0.1) is 0 Å². The van der Waals surface area contributed by atoms with Crippen LogP contribution in [0.2, 0.25) is 0 Å². The fourth-order valence-corrected chi connectivity index (χ4v) is 5.16. The second-order valence-electron chi connectivity index (χ2n) is 6.65. The average Bonchev–Trinajstić information content (AvgIpc) is 2.55. The lowest BCUT2D eigenvalue weighted by Crippen LogP contribution is -2.47. The molecule has 0 N–H and O–H groups in total. The first kappa shape index (κ1) is 14.3. The minimum atomic E-state index is 0.654. The standard InChI is InChI=1S/C20H22BrN/c1-14-6-2-3-10-18(14)22-13-5-8-16-19(22)12-11-15-7-4-9-17(21)20(15)16/h2-4,6-7,9-10,16,19H,5,8,11-13H2,1H3/t16-,19+/m0/s1. The van der Waals surface area contributed by atoms with Gasteiger partial charge in [-0.05, 0) is 61.4 Å². The zero-order valence-electron chi connectivity index (χ0n) is 13.1. The highest BCUT2D eigenvalue weighted by Gasteiger charge is 2.37. The molecule has 2 aliphatic rings. The Bertz CT molecular complexity index is 694. The van der Waals surface area contributed by atoms with E-state index in [4.69, 9.17) is 0 Å². The summed E-state index contributed by atoms with van der Waals surface area (Å²) in [6.45, 7) is 3.44. The third kappa shape index (κ3) is 2.28. The Labute approximate surface area is 141 Å². The van der Waals surface area contributed by atoms with Crippen molar-refractivity contribution < 1.29 is 0 Å². The van der Waals surface area contributed by atoms with Crippen molar-refractivity contribution in [3.05, 3.63) is 63.6 Å². The number of nitrogens with zero attached hydrogens (tertiary/aromatic N) is 1. The van der Waals surface area contributed by atoms with E-state index in [9.17, 15) is 0 Å². The molecule has 1 aliphatic carbocycles. The number of fused-ring (bicyclic) bond motifs is 3. The number of benzene rings is 2. The predicted molar refractivity (Wildman–Crippen MR) is 96.8 cm³/mol. The largest absolute Gasteiger partial charge is 0.368 e. The molecule has 1 nitrogen and oxygen atoms in total. The smallest absolute Gasteiger partial charge is 0.0398 e. The molecule has 0 unspecified atom stereocenters. The molecule has 2 aromatic carbocycles. The highest BCUT2D eigenvalue weighted by atomic mass is 79.9. The van der Waals surface area contributed by atoms with Gasteiger partial charge in [-0.25, -0.2) is 0 Å². The summed E-state index contributed by atoms with van der Waals surface area (Å²) in [4.78, 5) is 2.69. The Morgan fingerprint density at radius 1 is 1.05 bits per heavy atom. The number of anilines is 1. The molecule has 0 saturated carbocycles. The van der Waals surface area contributed by atoms with Crippen LogP contribution < -0.4 is 4.90 Å². The second kappa shape index (κ2) is 5.73. The molecule has 0 radical (unpaired) electrons. The molecule has 22 heavy (non-hydrogen) atoms. The number of halogens is 1. The molecule has 1 fully saturated rings. The van der Waals surface area contributed by atoms with Crippen molar-refractivity contribution in [1.82, 2.24) is 0 Å². The summed E-state index contributed by atoms with van der Waals surface area (Å²) in [5.74, 6) is 0.674. The van der Waals surface area contributed by atoms with Crippen LogP contribution in [0.25, 0.3) is 0 Å². The second-order valence-corrected chi connectivity index (χ2v) is 7.50. The Morgan fingerprint density at radius 3 is 2.77 bits per heavy atom. The Balaban J connectivity index is 1.75. The quantitative estimate of drug-likeness (QED) is 0.656. The van der Waals surface area contributed by atoms with Crippen molar-refractivity contribution in [1.29, 1.82) is 0 Å². The molecule has 1 aliphatic heterocycles. The summed E-state index contributed by atoms with van der Waals surface area (Å²) in [6, 6.07) is 16.2. The Hall–Kier alpha value is -1.28. The summed E-state index contributed by atoms with van der Waals surface area (Å²) in [5.41, 5.74) is 5.98. The van der Waals surface area contributed by atoms with Crippen LogP contribution in [0.3, 0.4) is 0 Å². The average molecular weight is 356 g/mol. The lowest BCUT2D eigenvalue weighted by atomic mass is 9.74. The monoisotopic (exact) mass is 355 g/mol. The van der Waals surface area contributed by atoms with Crippen LogP contribution in [0.4, 0.5) is 5.69 Å². The van der Waals surface area contributed by atoms with Gasteiger partial charge in [0.05, 0.1) is 0 Å². The lowest BCUT2D eigenvalue weighted by Gasteiger charge is -2.47. The first-order chi connectivity index (χ1) is 10.8. The molecule has 0 bridgehead atoms. The van der Waals surface area contributed by atoms with Gasteiger partial charge in [0.15, 0.2) is 0 Å². The van der Waals surface area contributed by atoms with E-state index in [1.54, 1.807) is 11.1 Å². The Kier molecular flexibility index (Phi) is 3.73. The van der Waals surface area contributed by atoms with Crippen LogP contribution in [0, 0.1) is 6.92 Å². The van der Waals surface area contributed by atoms with Crippen molar-refractivity contribution in [3.8, 4) is 0 Å². The minimum absolute atomic E-state index is 0.654. The van der Waals surface area contributed by atoms with Gasteiger partial charge in [0.1, 0.15) is 0 Å². The summed E-state index contributed by atoms with van der Waals surface area (Å²) in [7, 11) is 0. The minimum Gasteiger partial charge on any atom is -0.368 e. The van der Waals surface area contributed by atoms with E-state index >= 15 is 0 Å². The van der Waals surface area contributed by atoms with E-state index in [2.05, 4.69) is 70.2 Å². The normalized spacial score (nSPS) is 23.8. The van der Waals surface area contributed by atoms with Crippen LogP contribution in [-0.2, 0) is 6.42 Å². The van der Waals surface area contributed by atoms with Gasteiger partial charge in [0.25, 0.3) is 0 Å². The van der Waals surface area contributed by atoms with Gasteiger partial charge >= 0.3 is 0 Å². The summed E-state index contributed by atoms with van der Waals surface area (Å²) >= 11 is 3.82. The lowest BCUT2D eigenvalue weighted by molar-refractivity contribution is 0.364. The van der Waals surface area contributed by atoms with Gasteiger partial charge in [-0.3, -0.25) is 0 Å². The maximum absolute atomic E-state index is 3.82. The van der Waals surface area contributed by atoms with Crippen molar-refractivity contribution in [2.45, 2.75) is 44.6 Å². The number of piperidine rings is 1. The molecule has 2 aromatic rings. The van der Waals surface area contributed by atoms with E-state index in [0.29, 0.717) is 12.0 Å². The van der Waals surface area contributed by atoms with E-state index < -0.39 is 0 Å². The molecule has 0 spiro atoms. The zero-order chi connectivity index (χ0) is 15.1. The van der Waals surface area contributed by atoms with Crippen LogP contribution in [0.5, 0.6) is 0 Å². The third-order valence-electron chi connectivity index (χ3n) is 5.43. The molecular weight excluding hydrogens is 334 g/mol. The molecular formula is C20H22BrN. The van der Waals surface area contributed by atoms with Crippen LogP contribution in [-0.4, -0.2) is 12.6 Å². The number of aryl methyl sites for hydroxylation is 2. The third-order valence-corrected chi connectivity index (χ3v) is 6.12. The zero-order valence-corrected chi connectivity index (χ0v) is 14.6. The van der Waals surface area contributed by atoms with Crippen molar-refractivity contribution in [3.63, 3.8) is 0 Å². The van der Waals surface area contributed by atoms with Gasteiger partial charge in [-0.2, -0.15) is 0 Å². The summed E-state index contributed by atoms with van der Waals surface area (Å²) < 4.78 is 1.31. The summed E-state index contributed by atoms with van der Waals surface area (Å²) in [5, 5.41) is 0. The van der Waals surface area contributed by atoms with Gasteiger partial charge in [-0.1, -0.05) is 46.3 Å². The summed E-state index contributed by atoms with van der Waals surface area (Å²) in [6.07, 6.45) is 5.10. The molecule has 0 amide bonds. The van der Waals surface area contributed by atoms with Crippen molar-refractivity contribution in [2.24, 2.45) is 0 Å². The van der Waals surface area contributed by atoms with E-state index in [1.165, 1.54) is 48.0 Å². The molecule has 1 saturated heterocycles. The molecule has 0 aromatic heterocycles. The maximum atomic E-state index is 3.82. The molecule has 2 heteroatoms. The van der Waals surface area contributed by atoms with Crippen LogP contribution in [0.15, 0.2) is 46.9 Å². The highest BCUT2D eigenvalue weighted by molar-refractivity contribution is 9.10. The van der Waals surface area contributed by atoms with Gasteiger partial charge in [0, 0.05) is 28.7 Å². The fourth-order valence-electron chi connectivity index (χ4n) is 4.45. The number of rotatable bonds is 1. The molecule has 2 atom stereocenters. The van der Waals surface area contributed by atoms with Crippen molar-refractivity contribution >= 4 is 21.6 Å². The fraction of sp³-hybridized carbons (Fsp3) is 0.400. The SMILES string of the molecule is Cc1ccccc1N1CCC[C@@H]2c3c(Br)cccc3CC[C@H]21. The molecule has 1 heterocycles. The maximum Gasteiger partial charge on any atom is 0.0398 e. The number of hydrogen-bond acceptors (Lipinski definition) is 1. The van der Waals surface area contributed by atoms with Gasteiger partial charge < -0.3 is 4.90 Å². The molecule has 4 rings (SSSR count). The molecule has 114 valence electrons. The topological polar surface area (TPSA) is 3.24 Å². The highest BCUT2D eigenvalue weighted by Crippen LogP contribution is 2.45. The van der Waals surface area contributed by atoms with Crippen molar-refractivity contribution in [2.75, 3.05) is 11.4 Å². The van der Waals surface area contributed by atoms with Crippen LogP contribution >= 0.6 is 15.9 Å². The van der Waals surface area contributed by atoms with E-state index in [1.807, 2.05) is 0 Å². The van der Waals surface area contributed by atoms with E-state index in [-0.39, 0.29) is 0 Å². The number of hydrogen-bond donors (Lipinski definition) is 0.